The van der Waals surface area contributed by atoms with Crippen LogP contribution in [0.3, 0.4) is 0 Å². The van der Waals surface area contributed by atoms with E-state index in [1.165, 1.54) is 17.6 Å². The maximum Gasteiger partial charge on any atom is 0.227 e. The third-order valence-corrected chi connectivity index (χ3v) is 5.22. The van der Waals surface area contributed by atoms with E-state index in [1.54, 1.807) is 24.3 Å². The number of halogens is 1. The van der Waals surface area contributed by atoms with Crippen LogP contribution in [0.25, 0.3) is 0 Å². The number of benzene rings is 2. The van der Waals surface area contributed by atoms with Gasteiger partial charge in [-0.15, -0.1) is 12.4 Å². The summed E-state index contributed by atoms with van der Waals surface area (Å²) < 4.78 is 60.1. The van der Waals surface area contributed by atoms with Crippen molar-refractivity contribution in [2.24, 2.45) is 0 Å². The van der Waals surface area contributed by atoms with E-state index in [4.69, 9.17) is 14.3 Å². The van der Waals surface area contributed by atoms with Gasteiger partial charge >= 0.3 is 0 Å². The van der Waals surface area contributed by atoms with Gasteiger partial charge < -0.3 is 14.5 Å². The number of rotatable bonds is 8. The molecular formula is C24H33ClN2O2. The highest BCUT2D eigenvalue weighted by Crippen LogP contribution is 2.27. The van der Waals surface area contributed by atoms with Crippen LogP contribution in [0.2, 0.25) is 0 Å². The molecule has 1 fully saturated rings. The van der Waals surface area contributed by atoms with Crippen molar-refractivity contribution in [1.29, 1.82) is 0 Å². The standard InChI is InChI=1S/C24H32N2O2.ClH/c1-3-7-24(27)26(21-10-12-23(28-2)13-11-21)22-15-18-25(19-16-22)17-14-20-8-5-4-6-9-20;/h4-6,8-13,22H,3,7,14-19H2,1-2H3;1H/i1D3,3D2,7D2;. The molecule has 0 unspecified atom stereocenters. The lowest BCUT2D eigenvalue weighted by molar-refractivity contribution is -0.119. The maximum absolute atomic E-state index is 13.5. The van der Waals surface area contributed by atoms with Gasteiger partial charge in [-0.25, -0.2) is 0 Å². The smallest absolute Gasteiger partial charge is 0.227 e. The number of nitrogens with zero attached hydrogens (tertiary/aromatic N) is 2. The van der Waals surface area contributed by atoms with Crippen molar-refractivity contribution in [3.05, 3.63) is 60.2 Å². The highest BCUT2D eigenvalue weighted by atomic mass is 35.5. The molecule has 1 aliphatic heterocycles. The third kappa shape index (κ3) is 6.48. The van der Waals surface area contributed by atoms with Crippen LogP contribution in [0.5, 0.6) is 5.75 Å². The molecule has 2 aromatic rings. The molecule has 1 amide bonds. The molecule has 0 aromatic heterocycles. The van der Waals surface area contributed by atoms with Gasteiger partial charge in [-0.05, 0) is 55.5 Å². The second-order valence-electron chi connectivity index (χ2n) is 6.93. The van der Waals surface area contributed by atoms with Crippen LogP contribution >= 0.6 is 12.4 Å². The zero-order chi connectivity index (χ0) is 25.9. The second-order valence-corrected chi connectivity index (χ2v) is 6.93. The van der Waals surface area contributed by atoms with Gasteiger partial charge in [0.05, 0.1) is 7.11 Å². The zero-order valence-electron chi connectivity index (χ0n) is 23.6. The summed E-state index contributed by atoms with van der Waals surface area (Å²) in [6.45, 7) is -1.08. The van der Waals surface area contributed by atoms with Gasteiger partial charge in [0.25, 0.3) is 0 Å². The molecule has 0 saturated carbocycles. The molecule has 158 valence electrons. The minimum atomic E-state index is -3.36. The van der Waals surface area contributed by atoms with E-state index in [9.17, 15) is 4.79 Å². The number of amides is 1. The molecular weight excluding hydrogens is 384 g/mol. The van der Waals surface area contributed by atoms with Crippen LogP contribution in [-0.4, -0.2) is 43.6 Å². The van der Waals surface area contributed by atoms with Crippen molar-refractivity contribution in [2.45, 2.75) is 44.9 Å². The summed E-state index contributed by atoms with van der Waals surface area (Å²) in [5.74, 6) is -0.635. The van der Waals surface area contributed by atoms with Gasteiger partial charge in [0.15, 0.2) is 0 Å². The number of ether oxygens (including phenoxy) is 1. The largest absolute Gasteiger partial charge is 0.497 e. The van der Waals surface area contributed by atoms with Gasteiger partial charge in [-0.1, -0.05) is 37.2 Å². The molecule has 0 radical (unpaired) electrons. The quantitative estimate of drug-likeness (QED) is 0.601. The Balaban J connectivity index is 0.00000456. The van der Waals surface area contributed by atoms with Gasteiger partial charge in [-0.2, -0.15) is 0 Å². The lowest BCUT2D eigenvalue weighted by Crippen LogP contribution is -2.48. The number of piperidine rings is 1. The highest BCUT2D eigenvalue weighted by molar-refractivity contribution is 5.94. The Morgan fingerprint density at radius 2 is 1.86 bits per heavy atom. The minimum absolute atomic E-state index is 0. The second kappa shape index (κ2) is 11.8. The first-order valence-electron chi connectivity index (χ1n) is 13.1. The average Bonchev–Trinajstić information content (AvgIpc) is 2.84. The fourth-order valence-corrected chi connectivity index (χ4v) is 3.68. The molecule has 0 N–H and O–H groups in total. The van der Waals surface area contributed by atoms with Crippen LogP contribution in [-0.2, 0) is 11.2 Å². The Morgan fingerprint density at radius 1 is 1.17 bits per heavy atom. The zero-order valence-corrected chi connectivity index (χ0v) is 17.5. The average molecular weight is 424 g/mol. The van der Waals surface area contributed by atoms with Gasteiger partial charge in [0.1, 0.15) is 5.75 Å². The molecule has 4 nitrogen and oxygen atoms in total. The van der Waals surface area contributed by atoms with E-state index in [-0.39, 0.29) is 12.4 Å². The number of methoxy groups -OCH3 is 1. The van der Waals surface area contributed by atoms with Crippen molar-refractivity contribution in [2.75, 3.05) is 31.6 Å². The van der Waals surface area contributed by atoms with Crippen molar-refractivity contribution in [3.8, 4) is 5.75 Å². The lowest BCUT2D eigenvalue weighted by Gasteiger charge is -2.38. The molecule has 0 bridgehead atoms. The number of anilines is 1. The Kier molecular flexibility index (Phi) is 6.07. The first-order chi connectivity index (χ1) is 16.4. The monoisotopic (exact) mass is 423 g/mol. The van der Waals surface area contributed by atoms with Crippen LogP contribution in [0.1, 0.15) is 47.6 Å². The third-order valence-electron chi connectivity index (χ3n) is 5.22. The molecule has 1 heterocycles. The van der Waals surface area contributed by atoms with E-state index in [0.29, 0.717) is 37.4 Å². The SMILES string of the molecule is Cl.[2H]C([2H])([2H])C([2H])([2H])C([2H])([2H])C(=O)N(c1ccc(OC)cc1)C1CCN(CCc2ccccc2)CC1. The van der Waals surface area contributed by atoms with Gasteiger partial charge in [0.2, 0.25) is 5.91 Å². The Bertz CT molecular complexity index is 980. The molecule has 0 aliphatic carbocycles. The normalized spacial score (nSPS) is 19.8. The first-order valence-corrected chi connectivity index (χ1v) is 9.62. The summed E-state index contributed by atoms with van der Waals surface area (Å²) in [4.78, 5) is 17.1. The predicted octanol–water partition coefficient (Wildman–Crippen LogP) is 4.96. The van der Waals surface area contributed by atoms with E-state index in [1.807, 2.05) is 18.2 Å². The summed E-state index contributed by atoms with van der Waals surface area (Å²) in [6, 6.07) is 16.3. The molecule has 0 atom stereocenters. The predicted molar refractivity (Wildman–Crippen MR) is 122 cm³/mol. The number of hydrogen-bond acceptors (Lipinski definition) is 3. The van der Waals surface area contributed by atoms with E-state index in [0.717, 1.165) is 13.0 Å². The molecule has 29 heavy (non-hydrogen) atoms. The lowest BCUT2D eigenvalue weighted by atomic mass is 10.0. The Morgan fingerprint density at radius 3 is 2.48 bits per heavy atom. The minimum Gasteiger partial charge on any atom is -0.497 e. The Hall–Kier alpha value is -2.04. The van der Waals surface area contributed by atoms with Crippen LogP contribution in [0.15, 0.2) is 54.6 Å². The van der Waals surface area contributed by atoms with Crippen molar-refractivity contribution in [1.82, 2.24) is 4.90 Å². The van der Waals surface area contributed by atoms with E-state index >= 15 is 0 Å². The molecule has 1 saturated heterocycles. The number of carbonyl (C=O) groups excluding carboxylic acids is 1. The molecule has 5 heteroatoms. The van der Waals surface area contributed by atoms with Crippen LogP contribution in [0, 0.1) is 0 Å². The number of hydrogen-bond donors (Lipinski definition) is 0. The molecule has 2 aromatic carbocycles. The number of carbonyl (C=O) groups is 1. The maximum atomic E-state index is 13.5. The van der Waals surface area contributed by atoms with Crippen LogP contribution in [0.4, 0.5) is 5.69 Å². The highest BCUT2D eigenvalue weighted by Gasteiger charge is 2.28. The fourth-order valence-electron chi connectivity index (χ4n) is 3.68. The van der Waals surface area contributed by atoms with Crippen LogP contribution < -0.4 is 9.64 Å². The van der Waals surface area contributed by atoms with Gasteiger partial charge in [0, 0.05) is 47.3 Å². The summed E-state index contributed by atoms with van der Waals surface area (Å²) in [5.41, 5.74) is 1.62. The van der Waals surface area contributed by atoms with E-state index < -0.39 is 31.5 Å². The van der Waals surface area contributed by atoms with E-state index in [2.05, 4.69) is 17.0 Å². The summed E-state index contributed by atoms with van der Waals surface area (Å²) in [7, 11) is 1.51. The number of likely N-dealkylation sites (tertiary alicyclic amines) is 1. The summed E-state index contributed by atoms with van der Waals surface area (Å²) in [6.07, 6.45) is -4.62. The van der Waals surface area contributed by atoms with Crippen molar-refractivity contribution >= 4 is 24.0 Å². The Labute approximate surface area is 191 Å². The van der Waals surface area contributed by atoms with Gasteiger partial charge in [-0.3, -0.25) is 4.79 Å². The van der Waals surface area contributed by atoms with Crippen molar-refractivity contribution in [3.63, 3.8) is 0 Å². The topological polar surface area (TPSA) is 32.8 Å². The summed E-state index contributed by atoms with van der Waals surface area (Å²) >= 11 is 0. The fraction of sp³-hybridized carbons (Fsp3) is 0.458. The molecule has 3 rings (SSSR count). The summed E-state index contributed by atoms with van der Waals surface area (Å²) in [5, 5.41) is 0. The van der Waals surface area contributed by atoms with Crippen molar-refractivity contribution < 1.29 is 19.1 Å². The molecule has 0 spiro atoms. The molecule has 1 aliphatic rings. The first kappa shape index (κ1) is 14.9.